The second-order valence-electron chi connectivity index (χ2n) is 7.35. The first-order valence-electron chi connectivity index (χ1n) is 9.01. The van der Waals surface area contributed by atoms with Crippen LogP contribution in [-0.4, -0.2) is 46.1 Å². The third-order valence-electron chi connectivity index (χ3n) is 5.20. The smallest absolute Gasteiger partial charge is 0.293 e. The molecule has 0 N–H and O–H groups in total. The predicted molar refractivity (Wildman–Crippen MR) is 100 cm³/mol. The molecule has 1 saturated heterocycles. The molecule has 25 heavy (non-hydrogen) atoms. The minimum absolute atomic E-state index is 0.0827. The van der Waals surface area contributed by atoms with E-state index < -0.39 is 0 Å². The van der Waals surface area contributed by atoms with Gasteiger partial charge in [-0.1, -0.05) is 0 Å². The average Bonchev–Trinajstić information content (AvgIpc) is 3.21. The van der Waals surface area contributed by atoms with Crippen LogP contribution in [0.5, 0.6) is 0 Å². The van der Waals surface area contributed by atoms with Crippen molar-refractivity contribution in [2.45, 2.75) is 38.8 Å². The van der Waals surface area contributed by atoms with E-state index in [-0.39, 0.29) is 5.56 Å². The monoisotopic (exact) mass is 359 g/mol. The van der Waals surface area contributed by atoms with Gasteiger partial charge in [0.05, 0.1) is 11.2 Å². The van der Waals surface area contributed by atoms with Gasteiger partial charge in [-0.2, -0.15) is 0 Å². The maximum atomic E-state index is 12.7. The van der Waals surface area contributed by atoms with E-state index in [2.05, 4.69) is 33.7 Å². The fraction of sp³-hybridized carbons (Fsp3) is 0.611. The Labute approximate surface area is 152 Å². The molecule has 0 aromatic carbocycles. The van der Waals surface area contributed by atoms with Crippen molar-refractivity contribution in [1.82, 2.24) is 19.4 Å². The van der Waals surface area contributed by atoms with Crippen LogP contribution in [0.1, 0.15) is 35.9 Å². The zero-order chi connectivity index (χ0) is 17.4. The normalized spacial score (nSPS) is 20.6. The van der Waals surface area contributed by atoms with Gasteiger partial charge in [0.15, 0.2) is 5.82 Å². The number of rotatable bonds is 6. The number of thiazole rings is 1. The summed E-state index contributed by atoms with van der Waals surface area (Å²) in [6.45, 7) is 5.91. The van der Waals surface area contributed by atoms with E-state index in [1.54, 1.807) is 17.5 Å². The Morgan fingerprint density at radius 3 is 2.88 bits per heavy atom. The number of aryl methyl sites for hydroxylation is 1. The first-order chi connectivity index (χ1) is 12.1. The molecule has 2 aliphatic rings. The van der Waals surface area contributed by atoms with Crippen molar-refractivity contribution in [2.24, 2.45) is 5.92 Å². The molecule has 1 aliphatic carbocycles. The SMILES string of the molecule is Cc1ncsc1CN(C)C[C@H]1CCN(c2nccn(C3CC3)c2=O)C1. The Morgan fingerprint density at radius 2 is 2.16 bits per heavy atom. The lowest BCUT2D eigenvalue weighted by Gasteiger charge is -2.21. The summed E-state index contributed by atoms with van der Waals surface area (Å²) in [5.74, 6) is 1.21. The van der Waals surface area contributed by atoms with E-state index in [4.69, 9.17) is 0 Å². The Bertz CT molecular complexity index is 797. The zero-order valence-corrected chi connectivity index (χ0v) is 15.7. The summed E-state index contributed by atoms with van der Waals surface area (Å²) in [6, 6.07) is 0.404. The van der Waals surface area contributed by atoms with Crippen molar-refractivity contribution in [1.29, 1.82) is 0 Å². The van der Waals surface area contributed by atoms with Crippen LogP contribution in [0, 0.1) is 12.8 Å². The quantitative estimate of drug-likeness (QED) is 0.792. The highest BCUT2D eigenvalue weighted by Gasteiger charge is 2.29. The van der Waals surface area contributed by atoms with Crippen LogP contribution in [0.25, 0.3) is 0 Å². The second-order valence-corrected chi connectivity index (χ2v) is 8.29. The van der Waals surface area contributed by atoms with Crippen molar-refractivity contribution < 1.29 is 0 Å². The molecule has 4 rings (SSSR count). The summed E-state index contributed by atoms with van der Waals surface area (Å²) in [7, 11) is 2.17. The van der Waals surface area contributed by atoms with Gasteiger partial charge in [-0.15, -0.1) is 11.3 Å². The van der Waals surface area contributed by atoms with E-state index in [1.807, 2.05) is 16.3 Å². The summed E-state index contributed by atoms with van der Waals surface area (Å²) in [5, 5.41) is 0. The molecule has 3 heterocycles. The first kappa shape index (κ1) is 16.7. The van der Waals surface area contributed by atoms with Crippen molar-refractivity contribution in [3.05, 3.63) is 38.8 Å². The lowest BCUT2D eigenvalue weighted by atomic mass is 10.1. The third kappa shape index (κ3) is 3.62. The lowest BCUT2D eigenvalue weighted by molar-refractivity contribution is 0.281. The first-order valence-corrected chi connectivity index (χ1v) is 9.89. The second kappa shape index (κ2) is 6.88. The molecule has 6 nitrogen and oxygen atoms in total. The highest BCUT2D eigenvalue weighted by Crippen LogP contribution is 2.33. The van der Waals surface area contributed by atoms with E-state index >= 15 is 0 Å². The number of nitrogens with zero attached hydrogens (tertiary/aromatic N) is 5. The molecule has 2 fully saturated rings. The summed E-state index contributed by atoms with van der Waals surface area (Å²) in [4.78, 5) is 27.3. The van der Waals surface area contributed by atoms with Crippen LogP contribution in [0.4, 0.5) is 5.82 Å². The summed E-state index contributed by atoms with van der Waals surface area (Å²) in [5.41, 5.74) is 3.14. The van der Waals surface area contributed by atoms with Gasteiger partial charge < -0.3 is 14.4 Å². The molecule has 0 spiro atoms. The number of aromatic nitrogens is 3. The topological polar surface area (TPSA) is 54.3 Å². The van der Waals surface area contributed by atoms with Crippen LogP contribution in [0.3, 0.4) is 0 Å². The molecule has 0 amide bonds. The molecule has 0 bridgehead atoms. The summed E-state index contributed by atoms with van der Waals surface area (Å²) >= 11 is 1.73. The Morgan fingerprint density at radius 1 is 1.32 bits per heavy atom. The van der Waals surface area contributed by atoms with Gasteiger partial charge >= 0.3 is 0 Å². The van der Waals surface area contributed by atoms with Crippen molar-refractivity contribution >= 4 is 17.2 Å². The zero-order valence-electron chi connectivity index (χ0n) is 14.9. The van der Waals surface area contributed by atoms with Crippen LogP contribution in [0.15, 0.2) is 22.7 Å². The van der Waals surface area contributed by atoms with Crippen molar-refractivity contribution in [3.63, 3.8) is 0 Å². The number of anilines is 1. The van der Waals surface area contributed by atoms with Crippen LogP contribution in [0.2, 0.25) is 0 Å². The largest absolute Gasteiger partial charge is 0.352 e. The van der Waals surface area contributed by atoms with E-state index in [0.717, 1.165) is 51.1 Å². The minimum atomic E-state index is 0.0827. The number of hydrogen-bond acceptors (Lipinski definition) is 6. The molecule has 134 valence electrons. The fourth-order valence-corrected chi connectivity index (χ4v) is 4.53. The minimum Gasteiger partial charge on any atom is -0.352 e. The van der Waals surface area contributed by atoms with Crippen LogP contribution < -0.4 is 10.5 Å². The maximum absolute atomic E-state index is 12.7. The van der Waals surface area contributed by atoms with Gasteiger partial charge in [-0.25, -0.2) is 9.97 Å². The molecule has 1 aliphatic heterocycles. The van der Waals surface area contributed by atoms with E-state index in [9.17, 15) is 4.79 Å². The molecule has 7 heteroatoms. The third-order valence-corrected chi connectivity index (χ3v) is 6.12. The van der Waals surface area contributed by atoms with Gasteiger partial charge in [-0.05, 0) is 39.2 Å². The van der Waals surface area contributed by atoms with Crippen molar-refractivity contribution in [3.8, 4) is 0 Å². The Kier molecular flexibility index (Phi) is 4.60. The van der Waals surface area contributed by atoms with E-state index in [1.165, 1.54) is 4.88 Å². The molecule has 1 atom stereocenters. The molecule has 0 unspecified atom stereocenters. The molecular formula is C18H25N5OS. The summed E-state index contributed by atoms with van der Waals surface area (Å²) < 4.78 is 1.87. The van der Waals surface area contributed by atoms with Gasteiger partial charge in [0.1, 0.15) is 0 Å². The highest BCUT2D eigenvalue weighted by molar-refractivity contribution is 7.09. The highest BCUT2D eigenvalue weighted by atomic mass is 32.1. The van der Waals surface area contributed by atoms with Gasteiger partial charge in [0.25, 0.3) is 5.56 Å². The Balaban J connectivity index is 1.38. The van der Waals surface area contributed by atoms with E-state index in [0.29, 0.717) is 17.8 Å². The summed E-state index contributed by atoms with van der Waals surface area (Å²) in [6.07, 6.45) is 6.97. The molecule has 1 saturated carbocycles. The average molecular weight is 359 g/mol. The van der Waals surface area contributed by atoms with Gasteiger partial charge in [0, 0.05) is 49.5 Å². The lowest BCUT2D eigenvalue weighted by Crippen LogP contribution is -2.33. The molecular weight excluding hydrogens is 334 g/mol. The van der Waals surface area contributed by atoms with Gasteiger partial charge in [0.2, 0.25) is 0 Å². The molecule has 2 aromatic rings. The molecule has 0 radical (unpaired) electrons. The van der Waals surface area contributed by atoms with Crippen LogP contribution in [-0.2, 0) is 6.54 Å². The fourth-order valence-electron chi connectivity index (χ4n) is 3.67. The standard InChI is InChI=1S/C18H25N5OS/c1-13-16(25-12-20-13)11-21(2)9-14-5-7-22(10-14)17-18(24)23(8-6-19-17)15-3-4-15/h6,8,12,14-15H,3-5,7,9-11H2,1-2H3/t14-/m1/s1. The van der Waals surface area contributed by atoms with Crippen LogP contribution >= 0.6 is 11.3 Å². The number of hydrogen-bond donors (Lipinski definition) is 0. The predicted octanol–water partition coefficient (Wildman–Crippen LogP) is 2.30. The van der Waals surface area contributed by atoms with Crippen molar-refractivity contribution in [2.75, 3.05) is 31.6 Å². The Hall–Kier alpha value is -1.73. The van der Waals surface area contributed by atoms with Gasteiger partial charge in [-0.3, -0.25) is 4.79 Å². The maximum Gasteiger partial charge on any atom is 0.293 e. The molecule has 2 aromatic heterocycles.